The Labute approximate surface area is 176 Å². The normalized spacial score (nSPS) is 11.1. The minimum absolute atomic E-state index is 0.00126. The number of hydrogen-bond acceptors (Lipinski definition) is 8. The van der Waals surface area contributed by atoms with Crippen LogP contribution in [0.4, 0.5) is 10.1 Å². The first-order valence-corrected chi connectivity index (χ1v) is 10.3. The second-order valence-electron chi connectivity index (χ2n) is 6.35. The molecule has 12 heteroatoms. The van der Waals surface area contributed by atoms with Gasteiger partial charge in [-0.15, -0.1) is 0 Å². The summed E-state index contributed by atoms with van der Waals surface area (Å²) >= 11 is 0. The Hall–Kier alpha value is -3.80. The summed E-state index contributed by atoms with van der Waals surface area (Å²) in [5.41, 5.74) is 0.818. The molecule has 3 rings (SSSR count). The predicted molar refractivity (Wildman–Crippen MR) is 105 cm³/mol. The monoisotopic (exact) mass is 448 g/mol. The van der Waals surface area contributed by atoms with Crippen LogP contribution in [0.5, 0.6) is 0 Å². The summed E-state index contributed by atoms with van der Waals surface area (Å²) < 4.78 is 49.8. The lowest BCUT2D eigenvalue weighted by molar-refractivity contribution is 0.0600. The highest BCUT2D eigenvalue weighted by atomic mass is 32.2. The third-order valence-corrected chi connectivity index (χ3v) is 5.51. The van der Waals surface area contributed by atoms with Gasteiger partial charge in [-0.1, -0.05) is 5.16 Å². The number of ether oxygens (including phenoxy) is 1. The lowest BCUT2D eigenvalue weighted by atomic mass is 10.1. The molecule has 31 heavy (non-hydrogen) atoms. The van der Waals surface area contributed by atoms with Gasteiger partial charge in [0.25, 0.3) is 15.9 Å². The molecule has 0 unspecified atom stereocenters. The Kier molecular flexibility index (Phi) is 6.30. The molecular formula is C19H17FN4O6S. The van der Waals surface area contributed by atoms with Crippen LogP contribution in [0, 0.1) is 12.7 Å². The van der Waals surface area contributed by atoms with Crippen molar-refractivity contribution in [1.29, 1.82) is 0 Å². The van der Waals surface area contributed by atoms with Crippen molar-refractivity contribution in [3.05, 3.63) is 70.8 Å². The standard InChI is InChI=1S/C19H17FN4O6S/c1-11-17(23-30-22-11)18(25)21-10-12-7-13(19(26)29-2)9-15(8-12)24-31(27,28)16-5-3-14(20)4-6-16/h3-9,24H,10H2,1-2H3,(H,21,25). The second-order valence-corrected chi connectivity index (χ2v) is 8.03. The van der Waals surface area contributed by atoms with Crippen molar-refractivity contribution in [1.82, 2.24) is 15.6 Å². The van der Waals surface area contributed by atoms with Crippen molar-refractivity contribution in [3.8, 4) is 0 Å². The summed E-state index contributed by atoms with van der Waals surface area (Å²) in [5, 5.41) is 9.61. The van der Waals surface area contributed by atoms with E-state index in [1.807, 2.05) is 0 Å². The Balaban J connectivity index is 1.86. The van der Waals surface area contributed by atoms with E-state index in [0.29, 0.717) is 11.3 Å². The van der Waals surface area contributed by atoms with Crippen LogP contribution in [0.3, 0.4) is 0 Å². The molecule has 0 spiro atoms. The van der Waals surface area contributed by atoms with Gasteiger partial charge < -0.3 is 10.1 Å². The molecule has 0 saturated carbocycles. The van der Waals surface area contributed by atoms with Gasteiger partial charge >= 0.3 is 5.97 Å². The molecule has 0 aliphatic heterocycles. The van der Waals surface area contributed by atoms with E-state index >= 15 is 0 Å². The molecule has 0 radical (unpaired) electrons. The number of carbonyl (C=O) groups is 2. The molecule has 10 nitrogen and oxygen atoms in total. The molecule has 0 saturated heterocycles. The van der Waals surface area contributed by atoms with Crippen LogP contribution in [0.1, 0.15) is 32.1 Å². The Morgan fingerprint density at radius 3 is 2.45 bits per heavy atom. The zero-order valence-corrected chi connectivity index (χ0v) is 17.2. The second kappa shape index (κ2) is 8.92. The maximum atomic E-state index is 13.1. The molecule has 2 N–H and O–H groups in total. The first kappa shape index (κ1) is 21.9. The fourth-order valence-electron chi connectivity index (χ4n) is 2.62. The first-order chi connectivity index (χ1) is 14.7. The molecule has 0 aliphatic carbocycles. The average molecular weight is 448 g/mol. The summed E-state index contributed by atoms with van der Waals surface area (Å²) in [5.74, 6) is -1.84. The predicted octanol–water partition coefficient (Wildman–Crippen LogP) is 2.03. The molecular weight excluding hydrogens is 431 g/mol. The van der Waals surface area contributed by atoms with Gasteiger partial charge in [0, 0.05) is 6.54 Å². The summed E-state index contributed by atoms with van der Waals surface area (Å²) in [6.07, 6.45) is 0. The number of halogens is 1. The van der Waals surface area contributed by atoms with Gasteiger partial charge in [-0.25, -0.2) is 22.2 Å². The number of aryl methyl sites for hydroxylation is 1. The zero-order chi connectivity index (χ0) is 22.6. The van der Waals surface area contributed by atoms with E-state index in [1.165, 1.54) is 25.3 Å². The zero-order valence-electron chi connectivity index (χ0n) is 16.4. The maximum absolute atomic E-state index is 13.1. The van der Waals surface area contributed by atoms with Crippen LogP contribution >= 0.6 is 0 Å². The number of nitrogens with zero attached hydrogens (tertiary/aromatic N) is 2. The number of methoxy groups -OCH3 is 1. The highest BCUT2D eigenvalue weighted by molar-refractivity contribution is 7.92. The molecule has 1 aromatic heterocycles. The van der Waals surface area contributed by atoms with E-state index in [4.69, 9.17) is 4.74 Å². The van der Waals surface area contributed by atoms with Gasteiger partial charge in [-0.2, -0.15) is 0 Å². The van der Waals surface area contributed by atoms with Gasteiger partial charge in [0.2, 0.25) is 0 Å². The highest BCUT2D eigenvalue weighted by Gasteiger charge is 2.18. The van der Waals surface area contributed by atoms with Crippen molar-refractivity contribution in [2.75, 3.05) is 11.8 Å². The number of aromatic nitrogens is 2. The van der Waals surface area contributed by atoms with Crippen LogP contribution < -0.4 is 10.0 Å². The van der Waals surface area contributed by atoms with Crippen LogP contribution in [0.2, 0.25) is 0 Å². The SMILES string of the molecule is COC(=O)c1cc(CNC(=O)c2nonc2C)cc(NS(=O)(=O)c2ccc(F)cc2)c1. The van der Waals surface area contributed by atoms with E-state index in [9.17, 15) is 22.4 Å². The van der Waals surface area contributed by atoms with E-state index in [2.05, 4.69) is 25.0 Å². The van der Waals surface area contributed by atoms with Gasteiger partial charge in [-0.3, -0.25) is 9.52 Å². The fraction of sp³-hybridized carbons (Fsp3) is 0.158. The van der Waals surface area contributed by atoms with Gasteiger partial charge in [0.05, 0.1) is 23.3 Å². The molecule has 2 aromatic carbocycles. The van der Waals surface area contributed by atoms with Crippen molar-refractivity contribution in [3.63, 3.8) is 0 Å². The number of benzene rings is 2. The fourth-order valence-corrected chi connectivity index (χ4v) is 3.66. The van der Waals surface area contributed by atoms with Crippen LogP contribution in [-0.4, -0.2) is 37.7 Å². The minimum atomic E-state index is -4.06. The third kappa shape index (κ3) is 5.22. The van der Waals surface area contributed by atoms with Gasteiger partial charge in [-0.05, 0) is 60.1 Å². The number of anilines is 1. The van der Waals surface area contributed by atoms with E-state index < -0.39 is 27.7 Å². The van der Waals surface area contributed by atoms with E-state index in [-0.39, 0.29) is 28.4 Å². The Bertz CT molecular complexity index is 1220. The number of carbonyl (C=O) groups excluding carboxylic acids is 2. The molecule has 0 fully saturated rings. The molecule has 162 valence electrons. The molecule has 1 amide bonds. The summed E-state index contributed by atoms with van der Waals surface area (Å²) in [6, 6.07) is 8.40. The molecule has 0 aliphatic rings. The van der Waals surface area contributed by atoms with Crippen LogP contribution in [0.25, 0.3) is 0 Å². The Morgan fingerprint density at radius 1 is 1.13 bits per heavy atom. The van der Waals surface area contributed by atoms with E-state index in [1.54, 1.807) is 6.92 Å². The summed E-state index contributed by atoms with van der Waals surface area (Å²) in [7, 11) is -2.88. The number of esters is 1. The third-order valence-electron chi connectivity index (χ3n) is 4.11. The lowest BCUT2D eigenvalue weighted by Crippen LogP contribution is -2.24. The Morgan fingerprint density at radius 2 is 1.84 bits per heavy atom. The van der Waals surface area contributed by atoms with Crippen molar-refractivity contribution >= 4 is 27.6 Å². The summed E-state index contributed by atoms with van der Waals surface area (Å²) in [6.45, 7) is 1.49. The number of nitrogens with one attached hydrogen (secondary N) is 2. The first-order valence-electron chi connectivity index (χ1n) is 8.77. The quantitative estimate of drug-likeness (QED) is 0.523. The molecule has 0 atom stereocenters. The van der Waals surface area contributed by atoms with Gasteiger partial charge in [0.15, 0.2) is 5.69 Å². The maximum Gasteiger partial charge on any atom is 0.337 e. The van der Waals surface area contributed by atoms with Crippen LogP contribution in [0.15, 0.2) is 52.0 Å². The molecule has 0 bridgehead atoms. The number of sulfonamides is 1. The average Bonchev–Trinajstić information content (AvgIpc) is 3.17. The van der Waals surface area contributed by atoms with Crippen LogP contribution in [-0.2, 0) is 21.3 Å². The smallest absolute Gasteiger partial charge is 0.337 e. The lowest BCUT2D eigenvalue weighted by Gasteiger charge is -2.12. The van der Waals surface area contributed by atoms with Crippen molar-refractivity contribution < 1.29 is 31.8 Å². The number of amides is 1. The summed E-state index contributed by atoms with van der Waals surface area (Å²) in [4.78, 5) is 24.0. The van der Waals surface area contributed by atoms with E-state index in [0.717, 1.165) is 24.3 Å². The minimum Gasteiger partial charge on any atom is -0.465 e. The largest absolute Gasteiger partial charge is 0.465 e. The topological polar surface area (TPSA) is 140 Å². The highest BCUT2D eigenvalue weighted by Crippen LogP contribution is 2.21. The van der Waals surface area contributed by atoms with Gasteiger partial charge in [0.1, 0.15) is 11.5 Å². The molecule has 1 heterocycles. The molecule has 3 aromatic rings. The number of rotatable bonds is 7. The van der Waals surface area contributed by atoms with Crippen molar-refractivity contribution in [2.24, 2.45) is 0 Å². The van der Waals surface area contributed by atoms with Crippen molar-refractivity contribution in [2.45, 2.75) is 18.4 Å². The number of hydrogen-bond donors (Lipinski definition) is 2.